The molecule has 1 heteroatoms. The highest BCUT2D eigenvalue weighted by molar-refractivity contribution is 5.87. The highest BCUT2D eigenvalue weighted by Crippen LogP contribution is 2.41. The maximum absolute atomic E-state index is 10.9. The van der Waals surface area contributed by atoms with Gasteiger partial charge >= 0.3 is 0 Å². The summed E-state index contributed by atoms with van der Waals surface area (Å²) in [5.41, 5.74) is 0. The lowest BCUT2D eigenvalue weighted by atomic mass is 9.68. The summed E-state index contributed by atoms with van der Waals surface area (Å²) in [4.78, 5) is 10.9. The minimum absolute atomic E-state index is 0.178. The maximum Gasteiger partial charge on any atom is 0.152 e. The van der Waals surface area contributed by atoms with Gasteiger partial charge in [-0.05, 0) is 56.4 Å². The number of carbonyl (C=O) groups excluding carboxylic acids is 1. The van der Waals surface area contributed by atoms with Gasteiger partial charge in [-0.2, -0.15) is 0 Å². The fourth-order valence-corrected chi connectivity index (χ4v) is 3.03. The van der Waals surface area contributed by atoms with Crippen molar-refractivity contribution < 1.29 is 4.79 Å². The van der Waals surface area contributed by atoms with Crippen molar-refractivity contribution in [2.24, 2.45) is 17.8 Å². The number of ketones is 1. The van der Waals surface area contributed by atoms with Crippen LogP contribution in [0.2, 0.25) is 0 Å². The Labute approximate surface area is 92.3 Å². The quantitative estimate of drug-likeness (QED) is 0.497. The van der Waals surface area contributed by atoms with Crippen LogP contribution in [0.4, 0.5) is 0 Å². The Hall–Kier alpha value is -0.850. The second kappa shape index (κ2) is 4.78. The molecule has 0 bridgehead atoms. The van der Waals surface area contributed by atoms with E-state index in [9.17, 15) is 4.79 Å². The molecule has 0 heterocycles. The van der Waals surface area contributed by atoms with Crippen LogP contribution in [0, 0.1) is 17.8 Å². The number of allylic oxidation sites excluding steroid dienone is 4. The van der Waals surface area contributed by atoms with Gasteiger partial charge in [-0.15, -0.1) is 0 Å². The number of hydrogen-bond donors (Lipinski definition) is 0. The van der Waals surface area contributed by atoms with Crippen LogP contribution in [0.25, 0.3) is 0 Å². The Kier molecular flexibility index (Phi) is 3.40. The van der Waals surface area contributed by atoms with Crippen molar-refractivity contribution in [1.82, 2.24) is 0 Å². The Morgan fingerprint density at radius 1 is 1.33 bits per heavy atom. The number of carbonyl (C=O) groups is 1. The summed E-state index contributed by atoms with van der Waals surface area (Å²) in [5, 5.41) is 0. The van der Waals surface area contributed by atoms with Gasteiger partial charge in [0.2, 0.25) is 0 Å². The van der Waals surface area contributed by atoms with E-state index in [0.717, 1.165) is 5.92 Å². The zero-order valence-corrected chi connectivity index (χ0v) is 9.49. The van der Waals surface area contributed by atoms with E-state index >= 15 is 0 Å². The first kappa shape index (κ1) is 10.7. The molecule has 0 saturated heterocycles. The van der Waals surface area contributed by atoms with Crippen molar-refractivity contribution in [3.8, 4) is 0 Å². The molecule has 0 radical (unpaired) electrons. The molecule has 0 aromatic rings. The summed E-state index contributed by atoms with van der Waals surface area (Å²) in [6, 6.07) is 0. The predicted molar refractivity (Wildman–Crippen MR) is 62.5 cm³/mol. The highest BCUT2D eigenvalue weighted by Gasteiger charge is 2.30. The van der Waals surface area contributed by atoms with Crippen molar-refractivity contribution in [1.29, 1.82) is 0 Å². The van der Waals surface area contributed by atoms with Gasteiger partial charge in [0.05, 0.1) is 0 Å². The molecule has 0 N–H and O–H groups in total. The van der Waals surface area contributed by atoms with Gasteiger partial charge < -0.3 is 0 Å². The summed E-state index contributed by atoms with van der Waals surface area (Å²) < 4.78 is 0. The van der Waals surface area contributed by atoms with E-state index in [1.807, 2.05) is 0 Å². The molecular formula is C14H20O. The van der Waals surface area contributed by atoms with Crippen molar-refractivity contribution >= 4 is 5.78 Å². The predicted octanol–water partition coefficient (Wildman–Crippen LogP) is 3.51. The summed E-state index contributed by atoms with van der Waals surface area (Å²) >= 11 is 0. The van der Waals surface area contributed by atoms with Gasteiger partial charge in [0.1, 0.15) is 0 Å². The zero-order chi connectivity index (χ0) is 10.7. The fraction of sp³-hybridized carbons (Fsp3) is 0.643. The highest BCUT2D eigenvalue weighted by atomic mass is 16.1. The first-order chi connectivity index (χ1) is 7.27. The Morgan fingerprint density at radius 2 is 2.20 bits per heavy atom. The first-order valence-electron chi connectivity index (χ1n) is 6.13. The molecule has 1 fully saturated rings. The monoisotopic (exact) mass is 204 g/mol. The molecule has 0 aliphatic heterocycles. The molecule has 2 aliphatic rings. The van der Waals surface area contributed by atoms with Crippen molar-refractivity contribution in [3.05, 3.63) is 24.3 Å². The summed E-state index contributed by atoms with van der Waals surface area (Å²) in [5.74, 6) is 2.38. The first-order valence-corrected chi connectivity index (χ1v) is 6.13. The molecule has 3 atom stereocenters. The summed E-state index contributed by atoms with van der Waals surface area (Å²) in [7, 11) is 0. The van der Waals surface area contributed by atoms with Crippen LogP contribution in [-0.4, -0.2) is 5.78 Å². The third kappa shape index (κ3) is 2.58. The minimum Gasteiger partial charge on any atom is -0.295 e. The van der Waals surface area contributed by atoms with E-state index < -0.39 is 0 Å². The van der Waals surface area contributed by atoms with Gasteiger partial charge in [0.15, 0.2) is 5.78 Å². The fourth-order valence-electron chi connectivity index (χ4n) is 3.03. The molecule has 1 nitrogen and oxygen atoms in total. The molecule has 82 valence electrons. The second-order valence-electron chi connectivity index (χ2n) is 4.91. The average molecular weight is 204 g/mol. The van der Waals surface area contributed by atoms with Crippen molar-refractivity contribution in [2.45, 2.75) is 39.0 Å². The lowest BCUT2D eigenvalue weighted by Gasteiger charge is -2.37. The summed E-state index contributed by atoms with van der Waals surface area (Å²) in [6.45, 7) is 1.63. The molecule has 0 amide bonds. The topological polar surface area (TPSA) is 17.1 Å². The molecule has 1 saturated carbocycles. The van der Waals surface area contributed by atoms with E-state index in [0.29, 0.717) is 11.8 Å². The van der Waals surface area contributed by atoms with Crippen LogP contribution in [0.15, 0.2) is 24.3 Å². The summed E-state index contributed by atoms with van der Waals surface area (Å²) in [6.07, 6.45) is 15.2. The SMILES string of the molecule is CC(=O)/C=C/C1CCCC2CCC=CC12. The van der Waals surface area contributed by atoms with Crippen molar-refractivity contribution in [3.63, 3.8) is 0 Å². The van der Waals surface area contributed by atoms with Crippen LogP contribution in [0.5, 0.6) is 0 Å². The molecule has 0 aromatic heterocycles. The molecule has 2 aliphatic carbocycles. The third-order valence-electron chi connectivity index (χ3n) is 3.79. The van der Waals surface area contributed by atoms with E-state index in [1.54, 1.807) is 13.0 Å². The Balaban J connectivity index is 2.06. The molecule has 2 rings (SSSR count). The standard InChI is InChI=1S/C14H20O/c1-11(15)9-10-13-7-4-6-12-5-2-3-8-14(12)13/h3,8-10,12-14H,2,4-7H2,1H3/b10-9+. The normalized spacial score (nSPS) is 35.4. The number of fused-ring (bicyclic) bond motifs is 1. The number of hydrogen-bond acceptors (Lipinski definition) is 1. The molecule has 15 heavy (non-hydrogen) atoms. The zero-order valence-electron chi connectivity index (χ0n) is 9.49. The van der Waals surface area contributed by atoms with Crippen molar-refractivity contribution in [2.75, 3.05) is 0 Å². The Morgan fingerprint density at radius 3 is 3.00 bits per heavy atom. The van der Waals surface area contributed by atoms with Crippen LogP contribution >= 0.6 is 0 Å². The average Bonchev–Trinajstić information content (AvgIpc) is 2.26. The number of rotatable bonds is 2. The van der Waals surface area contributed by atoms with E-state index in [-0.39, 0.29) is 5.78 Å². The molecular weight excluding hydrogens is 184 g/mol. The Bertz CT molecular complexity index is 288. The molecule has 0 aromatic carbocycles. The van der Waals surface area contributed by atoms with Crippen LogP contribution in [-0.2, 0) is 4.79 Å². The second-order valence-corrected chi connectivity index (χ2v) is 4.91. The van der Waals surface area contributed by atoms with Gasteiger partial charge in [0.25, 0.3) is 0 Å². The van der Waals surface area contributed by atoms with Crippen LogP contribution in [0.1, 0.15) is 39.0 Å². The van der Waals surface area contributed by atoms with E-state index in [2.05, 4.69) is 18.2 Å². The third-order valence-corrected chi connectivity index (χ3v) is 3.79. The van der Waals surface area contributed by atoms with Gasteiger partial charge in [-0.25, -0.2) is 0 Å². The lowest BCUT2D eigenvalue weighted by molar-refractivity contribution is -0.112. The van der Waals surface area contributed by atoms with Crippen LogP contribution < -0.4 is 0 Å². The minimum atomic E-state index is 0.178. The lowest BCUT2D eigenvalue weighted by Crippen LogP contribution is -2.27. The van der Waals surface area contributed by atoms with E-state index in [4.69, 9.17) is 0 Å². The largest absolute Gasteiger partial charge is 0.295 e. The van der Waals surface area contributed by atoms with Gasteiger partial charge in [-0.3, -0.25) is 4.79 Å². The van der Waals surface area contributed by atoms with Crippen LogP contribution in [0.3, 0.4) is 0 Å². The van der Waals surface area contributed by atoms with Gasteiger partial charge in [-0.1, -0.05) is 24.6 Å². The molecule has 0 spiro atoms. The smallest absolute Gasteiger partial charge is 0.152 e. The maximum atomic E-state index is 10.9. The molecule has 3 unspecified atom stereocenters. The van der Waals surface area contributed by atoms with Gasteiger partial charge in [0, 0.05) is 0 Å². The van der Waals surface area contributed by atoms with E-state index in [1.165, 1.54) is 32.1 Å².